The highest BCUT2D eigenvalue weighted by molar-refractivity contribution is 6.36. The Morgan fingerprint density at radius 1 is 1.39 bits per heavy atom. The zero-order chi connectivity index (χ0) is 22.9. The van der Waals surface area contributed by atoms with E-state index in [1.54, 1.807) is 39.0 Å². The molecule has 1 aromatic carbocycles. The van der Waals surface area contributed by atoms with E-state index in [1.165, 1.54) is 6.20 Å². The molecule has 1 unspecified atom stereocenters. The molecule has 10 heteroatoms. The number of carbonyl (C=O) groups is 1. The molecule has 1 aliphatic rings. The van der Waals surface area contributed by atoms with Gasteiger partial charge in [0.05, 0.1) is 12.2 Å². The number of hydrogen-bond acceptors (Lipinski definition) is 5. The maximum atomic E-state index is 13.1. The number of hydrogen-bond donors (Lipinski definition) is 3. The molecule has 1 fully saturated rings. The molecule has 2 aromatic rings. The molecule has 0 saturated carbocycles. The van der Waals surface area contributed by atoms with E-state index < -0.39 is 41.1 Å². The second kappa shape index (κ2) is 9.16. The number of halogens is 2. The number of aliphatic hydroxyl groups excluding tert-OH is 1. The number of carbonyl (C=O) groups excluding carboxylic acids is 1. The molecule has 4 atom stereocenters. The van der Waals surface area contributed by atoms with Crippen LogP contribution in [-0.2, 0) is 28.2 Å². The fraction of sp³-hybridized carbons (Fsp3) is 0.476. The molecule has 1 aromatic heterocycles. The maximum Gasteiger partial charge on any atom is 0.332 e. The average Bonchev–Trinajstić information content (AvgIpc) is 2.98. The molecule has 1 saturated heterocycles. The van der Waals surface area contributed by atoms with Crippen LogP contribution in [0.3, 0.4) is 0 Å². The Labute approximate surface area is 189 Å². The first kappa shape index (κ1) is 23.5. The molecule has 0 bridgehead atoms. The molecule has 1 amide bonds. The summed E-state index contributed by atoms with van der Waals surface area (Å²) >= 11 is 12.5. The lowest BCUT2D eigenvalue weighted by Crippen LogP contribution is -2.57. The topological polar surface area (TPSA) is 113 Å². The van der Waals surface area contributed by atoms with Crippen molar-refractivity contribution in [1.29, 1.82) is 0 Å². The Bertz CT molecular complexity index is 1070. The van der Waals surface area contributed by atoms with Crippen molar-refractivity contribution in [1.82, 2.24) is 14.9 Å². The molecule has 2 heterocycles. The largest absolute Gasteiger partial charge is 0.390 e. The number of aliphatic hydroxyl groups is 1. The number of H-pyrrole nitrogens is 1. The summed E-state index contributed by atoms with van der Waals surface area (Å²) in [5.41, 5.74) is -0.260. The van der Waals surface area contributed by atoms with Crippen LogP contribution in [0.25, 0.3) is 0 Å². The first-order chi connectivity index (χ1) is 14.6. The molecule has 3 N–H and O–H groups in total. The van der Waals surface area contributed by atoms with Gasteiger partial charge in [-0.15, -0.1) is 0 Å². The SMILES string of the molecule is CCc1cn([C@@]2(NC(=O)C(C)Cc3c(Cl)cccc3Cl)C[C@H](O)[C@@H](C)O2)c(=O)[nH]c1=O. The second-order valence-electron chi connectivity index (χ2n) is 7.81. The molecular formula is C21H25Cl2N3O5. The number of amides is 1. The summed E-state index contributed by atoms with van der Waals surface area (Å²) in [6, 6.07) is 5.11. The summed E-state index contributed by atoms with van der Waals surface area (Å²) in [4.78, 5) is 40.0. The third-order valence-electron chi connectivity index (χ3n) is 5.53. The molecule has 3 rings (SSSR count). The predicted octanol–water partition coefficient (Wildman–Crippen LogP) is 2.18. The van der Waals surface area contributed by atoms with Crippen LogP contribution in [0.4, 0.5) is 0 Å². The van der Waals surface area contributed by atoms with Gasteiger partial charge in [0, 0.05) is 34.1 Å². The summed E-state index contributed by atoms with van der Waals surface area (Å²) in [6.45, 7) is 5.11. The zero-order valence-corrected chi connectivity index (χ0v) is 19.0. The van der Waals surface area contributed by atoms with Gasteiger partial charge in [-0.3, -0.25) is 19.1 Å². The van der Waals surface area contributed by atoms with Crippen molar-refractivity contribution >= 4 is 29.1 Å². The summed E-state index contributed by atoms with van der Waals surface area (Å²) in [7, 11) is 0. The molecule has 168 valence electrons. The van der Waals surface area contributed by atoms with Crippen molar-refractivity contribution in [3.05, 3.63) is 66.4 Å². The van der Waals surface area contributed by atoms with Gasteiger partial charge in [0.1, 0.15) is 0 Å². The van der Waals surface area contributed by atoms with Gasteiger partial charge in [0.15, 0.2) is 0 Å². The Hall–Kier alpha value is -2.13. The number of rotatable bonds is 6. The first-order valence-corrected chi connectivity index (χ1v) is 10.8. The third-order valence-corrected chi connectivity index (χ3v) is 6.24. The molecule has 0 aliphatic carbocycles. The summed E-state index contributed by atoms with van der Waals surface area (Å²) in [5, 5.41) is 14.0. The van der Waals surface area contributed by atoms with Gasteiger partial charge in [-0.1, -0.05) is 43.1 Å². The maximum absolute atomic E-state index is 13.1. The Morgan fingerprint density at radius 2 is 2.03 bits per heavy atom. The van der Waals surface area contributed by atoms with E-state index in [1.807, 2.05) is 0 Å². The number of aromatic nitrogens is 2. The van der Waals surface area contributed by atoms with E-state index in [0.717, 1.165) is 4.57 Å². The molecular weight excluding hydrogens is 445 g/mol. The third kappa shape index (κ3) is 4.72. The highest BCUT2D eigenvalue weighted by atomic mass is 35.5. The predicted molar refractivity (Wildman–Crippen MR) is 117 cm³/mol. The number of aromatic amines is 1. The van der Waals surface area contributed by atoms with Crippen LogP contribution in [0.5, 0.6) is 0 Å². The quantitative estimate of drug-likeness (QED) is 0.599. The standard InChI is InChI=1S/C21H25Cl2N3O5/c1-4-13-10-26(20(30)24-19(13)29)21(9-17(27)12(3)31-21)25-18(28)11(2)8-14-15(22)6-5-7-16(14)23/h5-7,10-12,17,27H,4,8-9H2,1-3H3,(H,25,28)(H,24,29,30)/t11?,12-,17+,21+/m1/s1. The summed E-state index contributed by atoms with van der Waals surface area (Å²) < 4.78 is 7.02. The number of benzene rings is 1. The van der Waals surface area contributed by atoms with E-state index in [2.05, 4.69) is 10.3 Å². The van der Waals surface area contributed by atoms with Gasteiger partial charge in [0.2, 0.25) is 11.8 Å². The van der Waals surface area contributed by atoms with Gasteiger partial charge in [-0.2, -0.15) is 0 Å². The van der Waals surface area contributed by atoms with Crippen LogP contribution in [-0.4, -0.2) is 32.8 Å². The Balaban J connectivity index is 1.95. The fourth-order valence-electron chi connectivity index (χ4n) is 3.65. The van der Waals surface area contributed by atoms with Crippen LogP contribution in [0, 0.1) is 5.92 Å². The minimum atomic E-state index is -1.64. The normalized spacial score (nSPS) is 24.2. The average molecular weight is 470 g/mol. The van der Waals surface area contributed by atoms with Crippen molar-refractivity contribution in [2.24, 2.45) is 5.92 Å². The van der Waals surface area contributed by atoms with Crippen LogP contribution in [0.2, 0.25) is 10.0 Å². The van der Waals surface area contributed by atoms with E-state index >= 15 is 0 Å². The molecule has 0 radical (unpaired) electrons. The van der Waals surface area contributed by atoms with Crippen LogP contribution in [0.1, 0.15) is 38.3 Å². The number of nitrogens with one attached hydrogen (secondary N) is 2. The van der Waals surface area contributed by atoms with Gasteiger partial charge >= 0.3 is 5.69 Å². The van der Waals surface area contributed by atoms with Gasteiger partial charge in [0.25, 0.3) is 5.56 Å². The van der Waals surface area contributed by atoms with Gasteiger partial charge in [-0.25, -0.2) is 4.79 Å². The van der Waals surface area contributed by atoms with Crippen molar-refractivity contribution in [2.45, 2.75) is 58.1 Å². The lowest BCUT2D eigenvalue weighted by molar-refractivity contribution is -0.153. The lowest BCUT2D eigenvalue weighted by atomic mass is 9.99. The smallest absolute Gasteiger partial charge is 0.332 e. The van der Waals surface area contributed by atoms with E-state index in [0.29, 0.717) is 27.6 Å². The minimum absolute atomic E-state index is 0.0609. The van der Waals surface area contributed by atoms with E-state index in [4.69, 9.17) is 27.9 Å². The van der Waals surface area contributed by atoms with E-state index in [9.17, 15) is 19.5 Å². The lowest BCUT2D eigenvalue weighted by Gasteiger charge is -2.33. The van der Waals surface area contributed by atoms with Crippen LogP contribution < -0.4 is 16.6 Å². The number of nitrogens with zero attached hydrogens (tertiary/aromatic N) is 1. The highest BCUT2D eigenvalue weighted by Gasteiger charge is 2.48. The number of ether oxygens (including phenoxy) is 1. The van der Waals surface area contributed by atoms with E-state index in [-0.39, 0.29) is 12.8 Å². The van der Waals surface area contributed by atoms with Crippen molar-refractivity contribution in [3.63, 3.8) is 0 Å². The number of aryl methyl sites for hydroxylation is 1. The highest BCUT2D eigenvalue weighted by Crippen LogP contribution is 2.33. The van der Waals surface area contributed by atoms with Crippen molar-refractivity contribution in [3.8, 4) is 0 Å². The summed E-state index contributed by atoms with van der Waals surface area (Å²) in [5.74, 6) is -2.64. The summed E-state index contributed by atoms with van der Waals surface area (Å²) in [6.07, 6.45) is 0.379. The zero-order valence-electron chi connectivity index (χ0n) is 17.4. The molecule has 31 heavy (non-hydrogen) atoms. The Morgan fingerprint density at radius 3 is 2.58 bits per heavy atom. The van der Waals surface area contributed by atoms with Gasteiger partial charge in [-0.05, 0) is 37.5 Å². The molecule has 8 nitrogen and oxygen atoms in total. The van der Waals surface area contributed by atoms with Gasteiger partial charge < -0.3 is 15.2 Å². The Kier molecular flexibility index (Phi) is 6.95. The first-order valence-electron chi connectivity index (χ1n) is 10.0. The van der Waals surface area contributed by atoms with Crippen LogP contribution in [0.15, 0.2) is 34.0 Å². The fourth-order valence-corrected chi connectivity index (χ4v) is 4.20. The minimum Gasteiger partial charge on any atom is -0.390 e. The second-order valence-corrected chi connectivity index (χ2v) is 8.63. The monoisotopic (exact) mass is 469 g/mol. The molecule has 1 aliphatic heterocycles. The molecule has 0 spiro atoms. The van der Waals surface area contributed by atoms with Crippen LogP contribution >= 0.6 is 23.2 Å². The van der Waals surface area contributed by atoms with Crippen molar-refractivity contribution < 1.29 is 14.6 Å². The van der Waals surface area contributed by atoms with Crippen molar-refractivity contribution in [2.75, 3.05) is 0 Å².